The molecule has 0 spiro atoms. The first kappa shape index (κ1) is 22.8. The van der Waals surface area contributed by atoms with E-state index in [9.17, 15) is 9.59 Å². The number of hydrogen-bond acceptors (Lipinski definition) is 3. The van der Waals surface area contributed by atoms with E-state index in [1.807, 2.05) is 0 Å². The molecule has 0 aliphatic carbocycles. The molecular formula is C15H30BaO4. The molecule has 0 aliphatic heterocycles. The Morgan fingerprint density at radius 3 is 1.80 bits per heavy atom. The van der Waals surface area contributed by atoms with Gasteiger partial charge in [0.2, 0.25) is 0 Å². The fourth-order valence-corrected chi connectivity index (χ4v) is 1.95. The number of carbonyl (C=O) groups excluding carboxylic acids is 1. The van der Waals surface area contributed by atoms with Gasteiger partial charge in [0.1, 0.15) is 6.42 Å². The van der Waals surface area contributed by atoms with E-state index in [1.165, 1.54) is 51.4 Å². The quantitative estimate of drug-likeness (QED) is 0.217. The summed E-state index contributed by atoms with van der Waals surface area (Å²) in [6.45, 7) is 2.58. The van der Waals surface area contributed by atoms with Crippen LogP contribution in [0.2, 0.25) is 0 Å². The van der Waals surface area contributed by atoms with Crippen LogP contribution in [0, 0.1) is 0 Å². The number of carboxylic acid groups (broad SMARTS) is 1. The summed E-state index contributed by atoms with van der Waals surface area (Å²) >= 11 is 0. The third kappa shape index (κ3) is 18.5. The van der Waals surface area contributed by atoms with Crippen LogP contribution < -0.4 is 0 Å². The summed E-state index contributed by atoms with van der Waals surface area (Å²) in [5, 5.41) is 8.36. The van der Waals surface area contributed by atoms with Crippen molar-refractivity contribution in [3.63, 3.8) is 0 Å². The summed E-state index contributed by atoms with van der Waals surface area (Å²) in [4.78, 5) is 21.1. The van der Waals surface area contributed by atoms with Crippen molar-refractivity contribution in [1.29, 1.82) is 0 Å². The van der Waals surface area contributed by atoms with Gasteiger partial charge in [0.15, 0.2) is 0 Å². The number of unbranched alkanes of at least 4 members (excludes halogenated alkanes) is 9. The van der Waals surface area contributed by atoms with Crippen LogP contribution in [0.15, 0.2) is 0 Å². The van der Waals surface area contributed by atoms with Gasteiger partial charge in [0, 0.05) is 0 Å². The van der Waals surface area contributed by atoms with Gasteiger partial charge in [-0.25, -0.2) is 0 Å². The summed E-state index contributed by atoms with van der Waals surface area (Å²) in [6.07, 6.45) is 11.7. The summed E-state index contributed by atoms with van der Waals surface area (Å²) < 4.78 is 4.81. The predicted molar refractivity (Wildman–Crippen MR) is 83.0 cm³/mol. The van der Waals surface area contributed by atoms with Gasteiger partial charge in [-0.05, 0) is 6.42 Å². The molecule has 0 radical (unpaired) electrons. The minimum atomic E-state index is -1.13. The largest absolute Gasteiger partial charge is 2.00 e. The first-order valence-electron chi connectivity index (χ1n) is 7.54. The Morgan fingerprint density at radius 2 is 1.35 bits per heavy atom. The van der Waals surface area contributed by atoms with E-state index in [1.54, 1.807) is 0 Å². The average molecular weight is 412 g/mol. The molecule has 5 heteroatoms. The molecule has 0 bridgehead atoms. The van der Waals surface area contributed by atoms with Crippen LogP contribution in [0.3, 0.4) is 0 Å². The van der Waals surface area contributed by atoms with Crippen LogP contribution in [0.1, 0.15) is 80.4 Å². The Hall–Kier alpha value is 0.511. The monoisotopic (exact) mass is 412 g/mol. The zero-order valence-electron chi connectivity index (χ0n) is 14.9. The van der Waals surface area contributed by atoms with Crippen LogP contribution in [0.4, 0.5) is 0 Å². The van der Waals surface area contributed by atoms with Crippen LogP contribution in [-0.2, 0) is 14.3 Å². The molecule has 0 amide bonds. The van der Waals surface area contributed by atoms with Crippen LogP contribution >= 0.6 is 0 Å². The molecule has 0 saturated carbocycles. The van der Waals surface area contributed by atoms with Crippen molar-refractivity contribution in [1.82, 2.24) is 0 Å². The Bertz CT molecular complexity index is 254. The number of ether oxygens (including phenoxy) is 1. The van der Waals surface area contributed by atoms with Gasteiger partial charge in [0.25, 0.3) is 0 Å². The van der Waals surface area contributed by atoms with E-state index in [0.717, 1.165) is 12.8 Å². The molecule has 116 valence electrons. The summed E-state index contributed by atoms with van der Waals surface area (Å²) in [5.41, 5.74) is 0. The summed E-state index contributed by atoms with van der Waals surface area (Å²) in [7, 11) is 0. The fraction of sp³-hybridized carbons (Fsp3) is 0.867. The molecule has 1 N–H and O–H groups in total. The van der Waals surface area contributed by atoms with Gasteiger partial charge < -0.3 is 12.7 Å². The topological polar surface area (TPSA) is 63.6 Å². The molecule has 0 aromatic rings. The van der Waals surface area contributed by atoms with Crippen molar-refractivity contribution < 1.29 is 22.3 Å². The molecular weight excluding hydrogens is 381 g/mol. The summed E-state index contributed by atoms with van der Waals surface area (Å²) in [6, 6.07) is 0. The number of carboxylic acids is 1. The fourth-order valence-electron chi connectivity index (χ4n) is 1.95. The number of rotatable bonds is 13. The van der Waals surface area contributed by atoms with Crippen molar-refractivity contribution in [3.05, 3.63) is 0 Å². The van der Waals surface area contributed by atoms with Gasteiger partial charge in [-0.1, -0.05) is 64.7 Å². The second-order valence-corrected chi connectivity index (χ2v) is 4.97. The zero-order valence-corrected chi connectivity index (χ0v) is 17.3. The standard InChI is InChI=1S/C15H28O4.Ba.2H/c1-2-3-4-5-6-7-8-9-10-11-12-19-15(18)13-14(16)17;;;/h2-13H2,1H3,(H,16,17);;;/q;+2;2*-1. The second kappa shape index (κ2) is 17.6. The maximum Gasteiger partial charge on any atom is 2.00 e. The third-order valence-electron chi connectivity index (χ3n) is 3.06. The third-order valence-corrected chi connectivity index (χ3v) is 3.06. The molecule has 0 rings (SSSR count). The minimum absolute atomic E-state index is 0. The minimum Gasteiger partial charge on any atom is -1.00 e. The molecule has 0 unspecified atom stereocenters. The first-order chi connectivity index (χ1) is 9.16. The van der Waals surface area contributed by atoms with Gasteiger partial charge in [-0.3, -0.25) is 9.59 Å². The van der Waals surface area contributed by atoms with E-state index in [0.29, 0.717) is 6.61 Å². The predicted octanol–water partition coefficient (Wildman–Crippen LogP) is 3.77. The normalized spacial score (nSPS) is 9.85. The number of esters is 1. The van der Waals surface area contributed by atoms with E-state index >= 15 is 0 Å². The Labute approximate surface area is 166 Å². The molecule has 0 saturated heterocycles. The zero-order chi connectivity index (χ0) is 14.3. The smallest absolute Gasteiger partial charge is 1.00 e. The molecule has 0 fully saturated rings. The van der Waals surface area contributed by atoms with E-state index < -0.39 is 18.4 Å². The molecule has 0 aromatic heterocycles. The number of hydrogen-bond donors (Lipinski definition) is 1. The SMILES string of the molecule is CCCCCCCCCCCCOC(=O)CC(=O)O.[Ba+2].[H-].[H-]. The number of carbonyl (C=O) groups is 2. The molecule has 20 heavy (non-hydrogen) atoms. The van der Waals surface area contributed by atoms with Gasteiger partial charge in [-0.15, -0.1) is 0 Å². The van der Waals surface area contributed by atoms with E-state index in [4.69, 9.17) is 9.84 Å². The van der Waals surface area contributed by atoms with Gasteiger partial charge in [0.05, 0.1) is 6.61 Å². The maximum absolute atomic E-state index is 10.9. The Kier molecular flexibility index (Phi) is 20.0. The summed E-state index contributed by atoms with van der Waals surface area (Å²) in [5.74, 6) is -1.77. The Balaban J connectivity index is -0.000000540. The van der Waals surface area contributed by atoms with Crippen molar-refractivity contribution >= 4 is 60.8 Å². The molecule has 0 heterocycles. The Morgan fingerprint density at radius 1 is 0.900 bits per heavy atom. The number of aliphatic carboxylic acids is 1. The molecule has 0 aromatic carbocycles. The van der Waals surface area contributed by atoms with E-state index in [2.05, 4.69) is 6.92 Å². The van der Waals surface area contributed by atoms with Crippen LogP contribution in [-0.4, -0.2) is 72.5 Å². The molecule has 4 nitrogen and oxygen atoms in total. The van der Waals surface area contributed by atoms with Gasteiger partial charge in [-0.2, -0.15) is 0 Å². The molecule has 0 atom stereocenters. The van der Waals surface area contributed by atoms with E-state index in [-0.39, 0.29) is 51.7 Å². The first-order valence-corrected chi connectivity index (χ1v) is 7.54. The van der Waals surface area contributed by atoms with Crippen molar-refractivity contribution in [2.75, 3.05) is 6.61 Å². The molecule has 0 aliphatic rings. The van der Waals surface area contributed by atoms with Crippen LogP contribution in [0.5, 0.6) is 0 Å². The van der Waals surface area contributed by atoms with Crippen molar-refractivity contribution in [3.8, 4) is 0 Å². The van der Waals surface area contributed by atoms with Crippen molar-refractivity contribution in [2.24, 2.45) is 0 Å². The maximum atomic E-state index is 10.9. The van der Waals surface area contributed by atoms with Gasteiger partial charge >= 0.3 is 60.8 Å². The average Bonchev–Trinajstić information content (AvgIpc) is 2.35. The van der Waals surface area contributed by atoms with Crippen molar-refractivity contribution in [2.45, 2.75) is 77.6 Å². The van der Waals surface area contributed by atoms with Crippen LogP contribution in [0.25, 0.3) is 0 Å². The second-order valence-electron chi connectivity index (χ2n) is 4.97.